The molecule has 0 bridgehead atoms. The van der Waals surface area contributed by atoms with Gasteiger partial charge in [0.05, 0.1) is 0 Å². The fourth-order valence-electron chi connectivity index (χ4n) is 2.41. The third kappa shape index (κ3) is 2.39. The maximum absolute atomic E-state index is 12.0. The van der Waals surface area contributed by atoms with E-state index in [1.54, 1.807) is 18.7 Å². The molecule has 2 fully saturated rings. The topological polar surface area (TPSA) is 63.4 Å². The van der Waals surface area contributed by atoms with Crippen LogP contribution in [-0.2, 0) is 9.84 Å². The number of thioether (sulfide) groups is 1. The molecule has 1 unspecified atom stereocenters. The lowest BCUT2D eigenvalue weighted by atomic mass is 9.86. The van der Waals surface area contributed by atoms with Gasteiger partial charge < -0.3 is 5.73 Å². The summed E-state index contributed by atoms with van der Waals surface area (Å²) in [7, 11) is -2.94. The second-order valence-corrected chi connectivity index (χ2v) is 8.20. The molecule has 1 aliphatic carbocycles. The molecule has 16 heavy (non-hydrogen) atoms. The lowest BCUT2D eigenvalue weighted by Gasteiger charge is -2.46. The SMILES string of the molecule is CCS(=O)(=O)C1CSCCN1C1CC(N)C1. The Labute approximate surface area is 102 Å². The zero-order valence-corrected chi connectivity index (χ0v) is 11.3. The fourth-order valence-corrected chi connectivity index (χ4v) is 5.51. The maximum Gasteiger partial charge on any atom is 0.166 e. The third-order valence-corrected chi connectivity index (χ3v) is 6.86. The van der Waals surface area contributed by atoms with Crippen LogP contribution < -0.4 is 5.73 Å². The van der Waals surface area contributed by atoms with Gasteiger partial charge in [-0.1, -0.05) is 6.92 Å². The Morgan fingerprint density at radius 2 is 2.12 bits per heavy atom. The van der Waals surface area contributed by atoms with Crippen LogP contribution in [-0.4, -0.2) is 54.6 Å². The molecule has 4 nitrogen and oxygen atoms in total. The molecule has 2 aliphatic rings. The van der Waals surface area contributed by atoms with Gasteiger partial charge in [0.25, 0.3) is 0 Å². The standard InChI is InChI=1S/C10H20N2O2S2/c1-2-16(13,14)10-7-15-4-3-12(10)9-5-8(11)6-9/h8-10H,2-7,11H2,1H3. The molecule has 1 heterocycles. The minimum Gasteiger partial charge on any atom is -0.328 e. The Morgan fingerprint density at radius 3 is 2.69 bits per heavy atom. The number of nitrogens with zero attached hydrogens (tertiary/aromatic N) is 1. The van der Waals surface area contributed by atoms with Gasteiger partial charge in [-0.15, -0.1) is 0 Å². The van der Waals surface area contributed by atoms with Crippen molar-refractivity contribution in [3.8, 4) is 0 Å². The summed E-state index contributed by atoms with van der Waals surface area (Å²) in [6, 6.07) is 0.687. The van der Waals surface area contributed by atoms with Gasteiger partial charge in [-0.05, 0) is 12.8 Å². The molecular weight excluding hydrogens is 244 g/mol. The molecule has 1 saturated heterocycles. The molecule has 0 aromatic rings. The molecule has 0 spiro atoms. The first-order valence-corrected chi connectivity index (χ1v) is 8.72. The molecule has 1 atom stereocenters. The Balaban J connectivity index is 2.08. The van der Waals surface area contributed by atoms with Crippen molar-refractivity contribution in [1.82, 2.24) is 4.90 Å². The van der Waals surface area contributed by atoms with E-state index in [2.05, 4.69) is 4.90 Å². The molecule has 0 aromatic heterocycles. The summed E-state index contributed by atoms with van der Waals surface area (Å²) in [6.45, 7) is 2.63. The van der Waals surface area contributed by atoms with Crippen molar-refractivity contribution in [2.45, 2.75) is 37.2 Å². The molecule has 6 heteroatoms. The Bertz CT molecular complexity index is 339. The van der Waals surface area contributed by atoms with Crippen molar-refractivity contribution in [2.24, 2.45) is 5.73 Å². The van der Waals surface area contributed by atoms with Crippen LogP contribution in [0.5, 0.6) is 0 Å². The van der Waals surface area contributed by atoms with Crippen molar-refractivity contribution < 1.29 is 8.42 Å². The average Bonchev–Trinajstić information content (AvgIpc) is 2.25. The van der Waals surface area contributed by atoms with Crippen molar-refractivity contribution in [1.29, 1.82) is 0 Å². The highest BCUT2D eigenvalue weighted by Gasteiger charge is 2.40. The van der Waals surface area contributed by atoms with Gasteiger partial charge in [0, 0.05) is 35.9 Å². The molecule has 94 valence electrons. The van der Waals surface area contributed by atoms with E-state index in [9.17, 15) is 8.42 Å². The minimum absolute atomic E-state index is 0.244. The van der Waals surface area contributed by atoms with Crippen LogP contribution in [0.3, 0.4) is 0 Å². The van der Waals surface area contributed by atoms with Gasteiger partial charge in [-0.2, -0.15) is 11.8 Å². The second kappa shape index (κ2) is 4.84. The first-order chi connectivity index (χ1) is 7.54. The molecule has 0 aromatic carbocycles. The summed E-state index contributed by atoms with van der Waals surface area (Å²) in [4.78, 5) is 2.18. The van der Waals surface area contributed by atoms with Crippen molar-refractivity contribution in [3.05, 3.63) is 0 Å². The van der Waals surface area contributed by atoms with E-state index in [0.717, 1.165) is 30.9 Å². The summed E-state index contributed by atoms with van der Waals surface area (Å²) in [6.07, 6.45) is 1.92. The molecule has 0 radical (unpaired) electrons. The molecule has 2 rings (SSSR count). The van der Waals surface area contributed by atoms with E-state index in [1.165, 1.54) is 0 Å². The van der Waals surface area contributed by atoms with E-state index in [0.29, 0.717) is 6.04 Å². The Hall–Kier alpha value is 0.220. The number of hydrogen-bond donors (Lipinski definition) is 1. The summed E-state index contributed by atoms with van der Waals surface area (Å²) in [5.41, 5.74) is 5.78. The minimum atomic E-state index is -2.94. The number of rotatable bonds is 3. The molecule has 1 saturated carbocycles. The van der Waals surface area contributed by atoms with Gasteiger partial charge in [-0.25, -0.2) is 8.42 Å². The van der Waals surface area contributed by atoms with Crippen LogP contribution in [0, 0.1) is 0 Å². The van der Waals surface area contributed by atoms with Crippen molar-refractivity contribution in [2.75, 3.05) is 23.8 Å². The number of sulfone groups is 1. The summed E-state index contributed by atoms with van der Waals surface area (Å²) >= 11 is 1.75. The Morgan fingerprint density at radius 1 is 1.44 bits per heavy atom. The zero-order valence-electron chi connectivity index (χ0n) is 9.63. The van der Waals surface area contributed by atoms with Crippen LogP contribution in [0.15, 0.2) is 0 Å². The number of nitrogens with two attached hydrogens (primary N) is 1. The fraction of sp³-hybridized carbons (Fsp3) is 1.00. The summed E-state index contributed by atoms with van der Waals surface area (Å²) in [5.74, 6) is 2.01. The van der Waals surface area contributed by atoms with E-state index in [-0.39, 0.29) is 17.2 Å². The van der Waals surface area contributed by atoms with E-state index in [1.807, 2.05) is 0 Å². The predicted molar refractivity (Wildman–Crippen MR) is 68.3 cm³/mol. The van der Waals surface area contributed by atoms with Gasteiger partial charge >= 0.3 is 0 Å². The molecule has 0 amide bonds. The van der Waals surface area contributed by atoms with Crippen molar-refractivity contribution in [3.63, 3.8) is 0 Å². The third-order valence-electron chi connectivity index (χ3n) is 3.56. The average molecular weight is 264 g/mol. The highest BCUT2D eigenvalue weighted by atomic mass is 32.2. The Kier molecular flexibility index (Phi) is 3.83. The van der Waals surface area contributed by atoms with Crippen LogP contribution in [0.25, 0.3) is 0 Å². The smallest absolute Gasteiger partial charge is 0.166 e. The zero-order chi connectivity index (χ0) is 11.8. The lowest BCUT2D eigenvalue weighted by molar-refractivity contribution is 0.107. The van der Waals surface area contributed by atoms with Gasteiger partial charge in [-0.3, -0.25) is 4.90 Å². The van der Waals surface area contributed by atoms with E-state index >= 15 is 0 Å². The molecule has 2 N–H and O–H groups in total. The number of hydrogen-bond acceptors (Lipinski definition) is 5. The normalized spacial score (nSPS) is 37.0. The molecule has 1 aliphatic heterocycles. The first kappa shape index (κ1) is 12.7. The maximum atomic E-state index is 12.0. The van der Waals surface area contributed by atoms with Gasteiger partial charge in [0.2, 0.25) is 0 Å². The summed E-state index contributed by atoms with van der Waals surface area (Å²) < 4.78 is 24.0. The highest BCUT2D eigenvalue weighted by Crippen LogP contribution is 2.31. The van der Waals surface area contributed by atoms with Crippen molar-refractivity contribution >= 4 is 21.6 Å². The van der Waals surface area contributed by atoms with E-state index in [4.69, 9.17) is 5.73 Å². The quantitative estimate of drug-likeness (QED) is 0.793. The van der Waals surface area contributed by atoms with Gasteiger partial charge in [0.15, 0.2) is 9.84 Å². The summed E-state index contributed by atoms with van der Waals surface area (Å²) in [5, 5.41) is -0.270. The largest absolute Gasteiger partial charge is 0.328 e. The van der Waals surface area contributed by atoms with Crippen LogP contribution in [0.2, 0.25) is 0 Å². The van der Waals surface area contributed by atoms with Crippen LogP contribution >= 0.6 is 11.8 Å². The molecular formula is C10H20N2O2S2. The highest BCUT2D eigenvalue weighted by molar-refractivity contribution is 8.01. The lowest BCUT2D eigenvalue weighted by Crippen LogP contribution is -2.59. The first-order valence-electron chi connectivity index (χ1n) is 5.85. The predicted octanol–water partition coefficient (Wildman–Crippen LogP) is 0.286. The van der Waals surface area contributed by atoms with Crippen LogP contribution in [0.4, 0.5) is 0 Å². The monoisotopic (exact) mass is 264 g/mol. The van der Waals surface area contributed by atoms with Crippen LogP contribution in [0.1, 0.15) is 19.8 Å². The van der Waals surface area contributed by atoms with E-state index < -0.39 is 9.84 Å². The second-order valence-electron chi connectivity index (χ2n) is 4.60. The van der Waals surface area contributed by atoms with Gasteiger partial charge in [0.1, 0.15) is 5.37 Å².